The lowest BCUT2D eigenvalue weighted by Gasteiger charge is -2.28. The van der Waals surface area contributed by atoms with Gasteiger partial charge in [-0.15, -0.1) is 0 Å². The molecule has 7 heteroatoms. The van der Waals surface area contributed by atoms with Gasteiger partial charge in [-0.05, 0) is 50.5 Å². The Bertz CT molecular complexity index is 1120. The van der Waals surface area contributed by atoms with Gasteiger partial charge in [-0.1, -0.05) is 6.07 Å². The van der Waals surface area contributed by atoms with Gasteiger partial charge in [0.15, 0.2) is 0 Å². The van der Waals surface area contributed by atoms with Crippen LogP contribution in [0.15, 0.2) is 48.7 Å². The molecule has 164 valence electrons. The van der Waals surface area contributed by atoms with Gasteiger partial charge in [0.2, 0.25) is 0 Å². The van der Waals surface area contributed by atoms with Gasteiger partial charge in [-0.25, -0.2) is 4.98 Å². The first kappa shape index (κ1) is 21.8. The van der Waals surface area contributed by atoms with Gasteiger partial charge >= 0.3 is 0 Å². The Morgan fingerprint density at radius 1 is 1.16 bits per heavy atom. The molecule has 2 aromatic heterocycles. The topological polar surface area (TPSA) is 108 Å². The maximum absolute atomic E-state index is 9.93. The fourth-order valence-corrected chi connectivity index (χ4v) is 3.88. The van der Waals surface area contributed by atoms with E-state index < -0.39 is 6.10 Å². The average molecular weight is 430 g/mol. The fourth-order valence-electron chi connectivity index (χ4n) is 3.88. The second-order valence-corrected chi connectivity index (χ2v) is 8.00. The minimum atomic E-state index is -0.749. The van der Waals surface area contributed by atoms with Gasteiger partial charge < -0.3 is 20.5 Å². The van der Waals surface area contributed by atoms with Crippen molar-refractivity contribution >= 4 is 5.82 Å². The van der Waals surface area contributed by atoms with E-state index in [1.807, 2.05) is 31.2 Å². The average Bonchev–Trinajstić information content (AvgIpc) is 2.84. The van der Waals surface area contributed by atoms with Crippen molar-refractivity contribution in [1.29, 1.82) is 5.26 Å². The monoisotopic (exact) mass is 429 g/mol. The first-order valence-corrected chi connectivity index (χ1v) is 10.9. The molecule has 3 N–H and O–H groups in total. The predicted molar refractivity (Wildman–Crippen MR) is 124 cm³/mol. The van der Waals surface area contributed by atoms with Crippen LogP contribution in [0.1, 0.15) is 42.2 Å². The van der Waals surface area contributed by atoms with E-state index in [0.29, 0.717) is 28.3 Å². The Morgan fingerprint density at radius 3 is 2.66 bits per heavy atom. The number of nitrogens with two attached hydrogens (primary N) is 1. The number of hydrogen-bond acceptors (Lipinski definition) is 7. The van der Waals surface area contributed by atoms with Crippen LogP contribution < -0.4 is 15.4 Å². The summed E-state index contributed by atoms with van der Waals surface area (Å²) in [6.07, 6.45) is 4.45. The van der Waals surface area contributed by atoms with Crippen molar-refractivity contribution in [3.05, 3.63) is 65.5 Å². The zero-order valence-electron chi connectivity index (χ0n) is 18.2. The van der Waals surface area contributed by atoms with Crippen LogP contribution in [0.3, 0.4) is 0 Å². The number of benzene rings is 1. The highest BCUT2D eigenvalue weighted by Crippen LogP contribution is 2.35. The van der Waals surface area contributed by atoms with Crippen LogP contribution in [-0.2, 0) is 0 Å². The van der Waals surface area contributed by atoms with Crippen molar-refractivity contribution in [3.63, 3.8) is 0 Å². The number of aliphatic hydroxyl groups excluding tert-OH is 1. The summed E-state index contributed by atoms with van der Waals surface area (Å²) >= 11 is 0. The summed E-state index contributed by atoms with van der Waals surface area (Å²) in [5.41, 5.74) is 9.00. The summed E-state index contributed by atoms with van der Waals surface area (Å²) in [6.45, 7) is 4.08. The number of aromatic nitrogens is 2. The molecule has 4 rings (SSSR count). The Labute approximate surface area is 188 Å². The quantitative estimate of drug-likeness (QED) is 0.607. The number of nitriles is 1. The molecule has 1 aliphatic heterocycles. The molecule has 7 nitrogen and oxygen atoms in total. The smallest absolute Gasteiger partial charge is 0.138 e. The summed E-state index contributed by atoms with van der Waals surface area (Å²) in [6, 6.07) is 14.9. The van der Waals surface area contributed by atoms with Crippen molar-refractivity contribution in [3.8, 4) is 28.8 Å². The number of aryl methyl sites for hydroxylation is 1. The van der Waals surface area contributed by atoms with Crippen molar-refractivity contribution in [1.82, 2.24) is 9.97 Å². The number of piperidine rings is 1. The van der Waals surface area contributed by atoms with Gasteiger partial charge in [0.1, 0.15) is 17.3 Å². The molecule has 0 radical (unpaired) electrons. The first-order chi connectivity index (χ1) is 15.6. The molecule has 1 atom stereocenters. The van der Waals surface area contributed by atoms with E-state index in [0.717, 1.165) is 30.2 Å². The Kier molecular flexibility index (Phi) is 6.64. The summed E-state index contributed by atoms with van der Waals surface area (Å²) in [7, 11) is 0. The fraction of sp³-hybridized carbons (Fsp3) is 0.320. The lowest BCUT2D eigenvalue weighted by atomic mass is 10.1. The summed E-state index contributed by atoms with van der Waals surface area (Å²) in [4.78, 5) is 11.5. The Hall–Kier alpha value is -3.47. The van der Waals surface area contributed by atoms with Crippen LogP contribution in [-0.4, -0.2) is 34.7 Å². The van der Waals surface area contributed by atoms with Crippen LogP contribution in [0.4, 0.5) is 5.82 Å². The van der Waals surface area contributed by atoms with Gasteiger partial charge in [-0.3, -0.25) is 4.98 Å². The van der Waals surface area contributed by atoms with E-state index in [2.05, 4.69) is 16.0 Å². The second-order valence-electron chi connectivity index (χ2n) is 8.00. The minimum absolute atomic E-state index is 0.132. The molecule has 1 aromatic carbocycles. The van der Waals surface area contributed by atoms with E-state index >= 15 is 0 Å². The van der Waals surface area contributed by atoms with E-state index in [1.165, 1.54) is 19.3 Å². The lowest BCUT2D eigenvalue weighted by molar-refractivity contribution is 0.186. The maximum atomic E-state index is 9.93. The lowest BCUT2D eigenvalue weighted by Crippen LogP contribution is -2.30. The molecular weight excluding hydrogens is 402 g/mol. The minimum Gasteiger partial charge on any atom is -0.456 e. The molecule has 1 aliphatic rings. The number of ether oxygens (including phenoxy) is 1. The predicted octanol–water partition coefficient (Wildman–Crippen LogP) is 4.10. The summed E-state index contributed by atoms with van der Waals surface area (Å²) < 4.78 is 6.29. The standard InChI is InChI=1S/C25H27N5O2/c1-17-11-20(13-25(29-17)30-9-3-2-4-10-30)32-24-12-18(14-26)5-7-21(24)22-8-6-19(16-28-22)23(31)15-27/h5-8,11-13,16,23,31H,2-4,9-10,15,27H2,1H3/t23-/m1/s1. The molecular formula is C25H27N5O2. The van der Waals surface area contributed by atoms with Crippen LogP contribution in [0.25, 0.3) is 11.3 Å². The highest BCUT2D eigenvalue weighted by molar-refractivity contribution is 5.69. The zero-order valence-corrected chi connectivity index (χ0v) is 18.2. The van der Waals surface area contributed by atoms with Gasteiger partial charge in [0.05, 0.1) is 23.4 Å². The van der Waals surface area contributed by atoms with Crippen LogP contribution in [0, 0.1) is 18.3 Å². The number of anilines is 1. The molecule has 1 saturated heterocycles. The van der Waals surface area contributed by atoms with E-state index in [4.69, 9.17) is 15.5 Å². The van der Waals surface area contributed by atoms with Crippen LogP contribution >= 0.6 is 0 Å². The molecule has 0 aliphatic carbocycles. The Balaban J connectivity index is 1.68. The van der Waals surface area contributed by atoms with Gasteiger partial charge in [-0.2, -0.15) is 5.26 Å². The summed E-state index contributed by atoms with van der Waals surface area (Å²) in [5.74, 6) is 2.12. The normalized spacial score (nSPS) is 14.6. The third-order valence-electron chi connectivity index (χ3n) is 5.60. The number of hydrogen-bond donors (Lipinski definition) is 2. The van der Waals surface area contributed by atoms with Crippen molar-refractivity contribution < 1.29 is 9.84 Å². The highest BCUT2D eigenvalue weighted by Gasteiger charge is 2.16. The zero-order chi connectivity index (χ0) is 22.5. The maximum Gasteiger partial charge on any atom is 0.138 e. The summed E-state index contributed by atoms with van der Waals surface area (Å²) in [5, 5.41) is 19.3. The highest BCUT2D eigenvalue weighted by atomic mass is 16.5. The van der Waals surface area contributed by atoms with Crippen molar-refractivity contribution in [2.45, 2.75) is 32.3 Å². The molecule has 3 heterocycles. The molecule has 3 aromatic rings. The van der Waals surface area contributed by atoms with E-state index in [1.54, 1.807) is 24.4 Å². The third kappa shape index (κ3) is 4.88. The van der Waals surface area contributed by atoms with Gasteiger partial charge in [0, 0.05) is 54.8 Å². The molecule has 0 bridgehead atoms. The Morgan fingerprint density at radius 2 is 1.97 bits per heavy atom. The number of pyridine rings is 2. The third-order valence-corrected chi connectivity index (χ3v) is 5.60. The largest absolute Gasteiger partial charge is 0.456 e. The van der Waals surface area contributed by atoms with E-state index in [-0.39, 0.29) is 6.54 Å². The second kappa shape index (κ2) is 9.77. The molecule has 0 amide bonds. The molecule has 0 saturated carbocycles. The molecule has 0 unspecified atom stereocenters. The molecule has 1 fully saturated rings. The van der Waals surface area contributed by atoms with Crippen LogP contribution in [0.2, 0.25) is 0 Å². The van der Waals surface area contributed by atoms with Crippen molar-refractivity contribution in [2.75, 3.05) is 24.5 Å². The van der Waals surface area contributed by atoms with Crippen molar-refractivity contribution in [2.24, 2.45) is 5.73 Å². The SMILES string of the molecule is Cc1cc(Oc2cc(C#N)ccc2-c2ccc([C@H](O)CN)cn2)cc(N2CCCCC2)n1. The number of nitrogens with zero attached hydrogens (tertiary/aromatic N) is 4. The van der Waals surface area contributed by atoms with Crippen LogP contribution in [0.5, 0.6) is 11.5 Å². The number of aliphatic hydroxyl groups is 1. The van der Waals surface area contributed by atoms with Gasteiger partial charge in [0.25, 0.3) is 0 Å². The molecule has 0 spiro atoms. The number of rotatable bonds is 6. The van der Waals surface area contributed by atoms with E-state index in [9.17, 15) is 10.4 Å². The molecule has 32 heavy (non-hydrogen) atoms. The first-order valence-electron chi connectivity index (χ1n) is 10.9.